The number of rotatable bonds is 3. The molecule has 0 bridgehead atoms. The third kappa shape index (κ3) is 2.34. The highest BCUT2D eigenvalue weighted by Gasteiger charge is 2.22. The van der Waals surface area contributed by atoms with Gasteiger partial charge in [-0.15, -0.1) is 0 Å². The van der Waals surface area contributed by atoms with E-state index in [1.54, 1.807) is 4.57 Å². The Morgan fingerprint density at radius 1 is 1.08 bits per heavy atom. The highest BCUT2D eigenvalue weighted by Crippen LogP contribution is 2.27. The lowest BCUT2D eigenvalue weighted by atomic mass is 10.1. The molecule has 0 spiro atoms. The minimum atomic E-state index is -0.233. The lowest BCUT2D eigenvalue weighted by Gasteiger charge is -2.15. The smallest absolute Gasteiger partial charge is 0.266 e. The first-order valence-corrected chi connectivity index (χ1v) is 7.93. The normalized spacial score (nSPS) is 13.8. The molecule has 5 nitrogen and oxygen atoms in total. The van der Waals surface area contributed by atoms with E-state index in [0.717, 1.165) is 5.56 Å². The number of aromatic hydroxyl groups is 1. The topological polar surface area (TPSA) is 66.6 Å². The van der Waals surface area contributed by atoms with Crippen molar-refractivity contribution < 1.29 is 5.11 Å². The Kier molecular flexibility index (Phi) is 3.54. The lowest BCUT2D eigenvalue weighted by Crippen LogP contribution is -2.32. The molecule has 1 aliphatic heterocycles. The molecule has 0 aliphatic carbocycles. The summed E-state index contributed by atoms with van der Waals surface area (Å²) in [5.41, 5.74) is 1.76. The number of pyridine rings is 1. The number of nitrogens with zero attached hydrogens (tertiary/aromatic N) is 2. The Morgan fingerprint density at radius 2 is 1.83 bits per heavy atom. The van der Waals surface area contributed by atoms with Gasteiger partial charge in [-0.2, -0.15) is 0 Å². The van der Waals surface area contributed by atoms with Crippen LogP contribution >= 0.6 is 0 Å². The maximum absolute atomic E-state index is 13.1. The summed E-state index contributed by atoms with van der Waals surface area (Å²) < 4.78 is 1.70. The summed E-state index contributed by atoms with van der Waals surface area (Å²) in [6.45, 7) is 1.74. The van der Waals surface area contributed by atoms with Gasteiger partial charge in [-0.3, -0.25) is 9.79 Å². The highest BCUT2D eigenvalue weighted by molar-refractivity contribution is 6.05. The second-order valence-corrected chi connectivity index (χ2v) is 5.77. The summed E-state index contributed by atoms with van der Waals surface area (Å²) in [6.07, 6.45) is 0. The predicted molar refractivity (Wildman–Crippen MR) is 94.8 cm³/mol. The van der Waals surface area contributed by atoms with E-state index in [-0.39, 0.29) is 16.9 Å². The Hall–Kier alpha value is -3.08. The van der Waals surface area contributed by atoms with E-state index in [1.165, 1.54) is 0 Å². The molecule has 0 atom stereocenters. The van der Waals surface area contributed by atoms with Crippen LogP contribution in [-0.2, 0) is 6.54 Å². The zero-order valence-electron chi connectivity index (χ0n) is 13.1. The van der Waals surface area contributed by atoms with Crippen molar-refractivity contribution in [2.24, 2.45) is 4.99 Å². The molecule has 0 amide bonds. The van der Waals surface area contributed by atoms with Gasteiger partial charge in [0.25, 0.3) is 5.56 Å². The summed E-state index contributed by atoms with van der Waals surface area (Å²) >= 11 is 0. The molecule has 0 saturated heterocycles. The summed E-state index contributed by atoms with van der Waals surface area (Å²) in [5, 5.41) is 14.4. The van der Waals surface area contributed by atoms with Gasteiger partial charge in [0.2, 0.25) is 0 Å². The number of nitrogens with one attached hydrogen (secondary N) is 1. The van der Waals surface area contributed by atoms with Crippen LogP contribution < -0.4 is 10.9 Å². The fraction of sp³-hybridized carbons (Fsp3) is 0.158. The van der Waals surface area contributed by atoms with Crippen LogP contribution in [0.5, 0.6) is 5.75 Å². The van der Waals surface area contributed by atoms with Gasteiger partial charge in [0.15, 0.2) is 0 Å². The van der Waals surface area contributed by atoms with Crippen molar-refractivity contribution in [2.45, 2.75) is 6.54 Å². The van der Waals surface area contributed by atoms with E-state index in [0.29, 0.717) is 36.4 Å². The van der Waals surface area contributed by atoms with Crippen molar-refractivity contribution >= 4 is 16.7 Å². The Morgan fingerprint density at radius 3 is 2.58 bits per heavy atom. The quantitative estimate of drug-likeness (QED) is 0.777. The molecule has 5 heteroatoms. The van der Waals surface area contributed by atoms with Crippen molar-refractivity contribution in [2.75, 3.05) is 13.1 Å². The molecule has 2 aromatic carbocycles. The highest BCUT2D eigenvalue weighted by atomic mass is 16.3. The van der Waals surface area contributed by atoms with E-state index < -0.39 is 0 Å². The van der Waals surface area contributed by atoms with Gasteiger partial charge in [0, 0.05) is 11.9 Å². The van der Waals surface area contributed by atoms with Crippen molar-refractivity contribution in [1.29, 1.82) is 0 Å². The second kappa shape index (κ2) is 5.85. The standard InChI is InChI=1S/C19H17N3O2/c23-17-14-8-4-5-9-15(14)22(12-13-6-2-1-3-7-13)19(24)16(17)18-20-10-11-21-18/h1-9,23H,10-12H2,(H,20,21). The van der Waals surface area contributed by atoms with Crippen LogP contribution in [0.3, 0.4) is 0 Å². The first-order chi connectivity index (χ1) is 11.8. The third-order valence-electron chi connectivity index (χ3n) is 4.24. The summed E-state index contributed by atoms with van der Waals surface area (Å²) in [6, 6.07) is 17.2. The maximum Gasteiger partial charge on any atom is 0.266 e. The largest absolute Gasteiger partial charge is 0.506 e. The molecule has 0 fully saturated rings. The van der Waals surface area contributed by atoms with E-state index in [9.17, 15) is 9.90 Å². The second-order valence-electron chi connectivity index (χ2n) is 5.77. The number of aromatic nitrogens is 1. The van der Waals surface area contributed by atoms with Crippen molar-refractivity contribution in [3.8, 4) is 5.75 Å². The average molecular weight is 319 g/mol. The van der Waals surface area contributed by atoms with Crippen molar-refractivity contribution in [1.82, 2.24) is 9.88 Å². The molecule has 1 aromatic heterocycles. The van der Waals surface area contributed by atoms with Gasteiger partial charge in [0.1, 0.15) is 17.1 Å². The Balaban J connectivity index is 1.99. The zero-order valence-corrected chi connectivity index (χ0v) is 13.1. The van der Waals surface area contributed by atoms with E-state index in [2.05, 4.69) is 10.3 Å². The molecule has 120 valence electrons. The molecule has 3 aromatic rings. The monoisotopic (exact) mass is 319 g/mol. The van der Waals surface area contributed by atoms with Crippen LogP contribution in [0.15, 0.2) is 64.4 Å². The summed E-state index contributed by atoms with van der Waals surface area (Å²) in [4.78, 5) is 17.4. The number of hydrogen-bond acceptors (Lipinski definition) is 4. The van der Waals surface area contributed by atoms with Crippen molar-refractivity contribution in [3.05, 3.63) is 76.1 Å². The summed E-state index contributed by atoms with van der Waals surface area (Å²) in [7, 11) is 0. The molecular weight excluding hydrogens is 302 g/mol. The number of amidine groups is 1. The molecule has 1 aliphatic rings. The first-order valence-electron chi connectivity index (χ1n) is 7.93. The molecule has 0 unspecified atom stereocenters. The zero-order chi connectivity index (χ0) is 16.5. The molecular formula is C19H17N3O2. The van der Waals surface area contributed by atoms with Gasteiger partial charge in [-0.05, 0) is 17.7 Å². The fourth-order valence-electron chi connectivity index (χ4n) is 3.09. The van der Waals surface area contributed by atoms with Crippen molar-refractivity contribution in [3.63, 3.8) is 0 Å². The number of para-hydroxylation sites is 1. The number of hydrogen-bond donors (Lipinski definition) is 2. The minimum Gasteiger partial charge on any atom is -0.506 e. The van der Waals surface area contributed by atoms with Gasteiger partial charge < -0.3 is 15.0 Å². The van der Waals surface area contributed by atoms with Crippen LogP contribution in [0.1, 0.15) is 11.1 Å². The molecule has 2 N–H and O–H groups in total. The van der Waals surface area contributed by atoms with Gasteiger partial charge in [-0.25, -0.2) is 0 Å². The first kappa shape index (κ1) is 14.5. The Labute approximate surface area is 138 Å². The predicted octanol–water partition coefficient (Wildman–Crippen LogP) is 2.11. The van der Waals surface area contributed by atoms with Crippen LogP contribution in [0.25, 0.3) is 10.9 Å². The SMILES string of the molecule is O=c1c(C2=NCCN2)c(O)c2ccccc2n1Cc1ccccc1. The molecule has 24 heavy (non-hydrogen) atoms. The Bertz CT molecular complexity index is 991. The number of benzene rings is 2. The van der Waals surface area contributed by atoms with E-state index in [1.807, 2.05) is 54.6 Å². The molecule has 0 saturated carbocycles. The third-order valence-corrected chi connectivity index (χ3v) is 4.24. The molecule has 4 rings (SSSR count). The van der Waals surface area contributed by atoms with Gasteiger partial charge >= 0.3 is 0 Å². The molecule has 0 radical (unpaired) electrons. The lowest BCUT2D eigenvalue weighted by molar-refractivity contribution is 0.477. The van der Waals surface area contributed by atoms with Gasteiger partial charge in [-0.1, -0.05) is 42.5 Å². The van der Waals surface area contributed by atoms with Crippen LogP contribution in [0, 0.1) is 0 Å². The minimum absolute atomic E-state index is 0.00642. The van der Waals surface area contributed by atoms with Gasteiger partial charge in [0.05, 0.1) is 18.6 Å². The number of aliphatic imine (C=N–C) groups is 1. The van der Waals surface area contributed by atoms with E-state index in [4.69, 9.17) is 0 Å². The van der Waals surface area contributed by atoms with Crippen LogP contribution in [0.2, 0.25) is 0 Å². The van der Waals surface area contributed by atoms with Crippen LogP contribution in [0.4, 0.5) is 0 Å². The number of fused-ring (bicyclic) bond motifs is 1. The molecule has 2 heterocycles. The summed E-state index contributed by atoms with van der Waals surface area (Å²) in [5.74, 6) is 0.470. The van der Waals surface area contributed by atoms with E-state index >= 15 is 0 Å². The fourth-order valence-corrected chi connectivity index (χ4v) is 3.09. The average Bonchev–Trinajstić information content (AvgIpc) is 3.14. The van der Waals surface area contributed by atoms with Crippen LogP contribution in [-0.4, -0.2) is 28.6 Å². The maximum atomic E-state index is 13.1.